The Labute approximate surface area is 178 Å². The fourth-order valence-electron chi connectivity index (χ4n) is 6.43. The molecule has 158 valence electrons. The average molecular weight is 425 g/mol. The summed E-state index contributed by atoms with van der Waals surface area (Å²) in [5, 5.41) is 2.91. The quantitative estimate of drug-likeness (QED) is 0.720. The maximum atomic E-state index is 12.8. The van der Waals surface area contributed by atoms with Crippen molar-refractivity contribution in [2.24, 2.45) is 23.7 Å². The number of hydrogen-bond acceptors (Lipinski definition) is 3. The Kier molecular flexibility index (Phi) is 4.85. The van der Waals surface area contributed by atoms with Gasteiger partial charge >= 0.3 is 0 Å². The Bertz CT molecular complexity index is 1030. The van der Waals surface area contributed by atoms with Crippen LogP contribution in [0.15, 0.2) is 48.5 Å². The molecule has 4 aliphatic rings. The van der Waals surface area contributed by atoms with E-state index in [9.17, 15) is 13.2 Å². The van der Waals surface area contributed by atoms with Gasteiger partial charge in [-0.2, -0.15) is 0 Å². The van der Waals surface area contributed by atoms with Crippen molar-refractivity contribution in [1.29, 1.82) is 0 Å². The zero-order valence-corrected chi connectivity index (χ0v) is 18.0. The Morgan fingerprint density at radius 1 is 0.867 bits per heavy atom. The van der Waals surface area contributed by atoms with Gasteiger partial charge in [0.25, 0.3) is 5.91 Å². The molecule has 1 amide bonds. The Hall–Kier alpha value is -2.34. The van der Waals surface area contributed by atoms with E-state index in [2.05, 4.69) is 22.2 Å². The predicted molar refractivity (Wildman–Crippen MR) is 119 cm³/mol. The summed E-state index contributed by atoms with van der Waals surface area (Å²) >= 11 is 0. The second kappa shape index (κ2) is 7.41. The van der Waals surface area contributed by atoms with Crippen LogP contribution in [0.1, 0.15) is 53.9 Å². The smallest absolute Gasteiger partial charge is 0.257 e. The molecule has 0 unspecified atom stereocenters. The first-order chi connectivity index (χ1) is 14.4. The van der Waals surface area contributed by atoms with E-state index in [1.165, 1.54) is 37.7 Å². The molecule has 4 fully saturated rings. The highest BCUT2D eigenvalue weighted by Crippen LogP contribution is 2.59. The van der Waals surface area contributed by atoms with Crippen molar-refractivity contribution in [3.05, 3.63) is 59.7 Å². The summed E-state index contributed by atoms with van der Waals surface area (Å²) in [6, 6.07) is 14.9. The van der Waals surface area contributed by atoms with Crippen molar-refractivity contribution >= 4 is 27.3 Å². The van der Waals surface area contributed by atoms with Crippen molar-refractivity contribution < 1.29 is 13.2 Å². The minimum atomic E-state index is -3.46. The Balaban J connectivity index is 1.31. The lowest BCUT2D eigenvalue weighted by atomic mass is 9.51. The number of para-hydroxylation sites is 1. The lowest BCUT2D eigenvalue weighted by Crippen LogP contribution is -2.43. The third kappa shape index (κ3) is 3.85. The molecule has 6 heteroatoms. The number of carbonyl (C=O) groups excluding carboxylic acids is 1. The molecule has 2 aromatic rings. The minimum Gasteiger partial charge on any atom is -0.322 e. The first kappa shape index (κ1) is 19.6. The highest BCUT2D eigenvalue weighted by atomic mass is 32.2. The summed E-state index contributed by atoms with van der Waals surface area (Å²) in [5.41, 5.74) is 2.71. The Morgan fingerprint density at radius 2 is 1.47 bits per heavy atom. The Morgan fingerprint density at radius 3 is 2.07 bits per heavy atom. The van der Waals surface area contributed by atoms with Crippen LogP contribution >= 0.6 is 0 Å². The molecule has 0 radical (unpaired) electrons. The lowest BCUT2D eigenvalue weighted by molar-refractivity contribution is -0.00277. The van der Waals surface area contributed by atoms with Crippen molar-refractivity contribution in [3.63, 3.8) is 0 Å². The van der Waals surface area contributed by atoms with Crippen LogP contribution < -0.4 is 10.0 Å². The second-order valence-corrected chi connectivity index (χ2v) is 11.2. The lowest BCUT2D eigenvalue weighted by Gasteiger charge is -2.54. The third-order valence-electron chi connectivity index (χ3n) is 7.25. The van der Waals surface area contributed by atoms with E-state index >= 15 is 0 Å². The number of amides is 1. The summed E-state index contributed by atoms with van der Waals surface area (Å²) in [4.78, 5) is 12.8. The molecule has 4 bridgehead atoms. The van der Waals surface area contributed by atoms with Gasteiger partial charge in [-0.25, -0.2) is 8.42 Å². The monoisotopic (exact) mass is 424 g/mol. The molecule has 6 rings (SSSR count). The summed E-state index contributed by atoms with van der Waals surface area (Å²) < 4.78 is 25.6. The van der Waals surface area contributed by atoms with E-state index in [1.807, 2.05) is 12.1 Å². The van der Waals surface area contributed by atoms with E-state index in [1.54, 1.807) is 24.3 Å². The normalized spacial score (nSPS) is 29.6. The molecular formula is C24H28N2O3S. The number of rotatable bonds is 5. The van der Waals surface area contributed by atoms with Crippen molar-refractivity contribution in [2.75, 3.05) is 16.3 Å². The van der Waals surface area contributed by atoms with Crippen LogP contribution in [0.25, 0.3) is 0 Å². The maximum Gasteiger partial charge on any atom is 0.257 e. The van der Waals surface area contributed by atoms with Gasteiger partial charge in [-0.05, 0) is 91.5 Å². The summed E-state index contributed by atoms with van der Waals surface area (Å²) in [5.74, 6) is 3.92. The number of carbonyl (C=O) groups is 1. The van der Waals surface area contributed by atoms with Gasteiger partial charge in [0.15, 0.2) is 0 Å². The molecule has 30 heavy (non-hydrogen) atoms. The topological polar surface area (TPSA) is 75.3 Å². The molecule has 0 atom stereocenters. The summed E-state index contributed by atoms with van der Waals surface area (Å²) in [6.45, 7) is 0. The van der Waals surface area contributed by atoms with Crippen LogP contribution in [-0.4, -0.2) is 20.6 Å². The van der Waals surface area contributed by atoms with Crippen LogP contribution in [-0.2, 0) is 10.0 Å². The fourth-order valence-corrected chi connectivity index (χ4v) is 7.00. The highest BCUT2D eigenvalue weighted by Gasteiger charge is 2.48. The van der Waals surface area contributed by atoms with Gasteiger partial charge in [-0.1, -0.05) is 24.3 Å². The maximum absolute atomic E-state index is 12.8. The predicted octanol–water partition coefficient (Wildman–Crippen LogP) is 4.85. The van der Waals surface area contributed by atoms with Crippen LogP contribution in [0.2, 0.25) is 0 Å². The zero-order chi connectivity index (χ0) is 20.9. The van der Waals surface area contributed by atoms with E-state index in [0.29, 0.717) is 11.5 Å². The number of hydrogen-bond donors (Lipinski definition) is 2. The molecule has 0 heterocycles. The molecule has 2 N–H and O–H groups in total. The standard InChI is InChI=1S/C24H28N2O3S/c1-30(28,29)26-22-5-3-2-4-21(22)24(27)25-20-8-6-17(7-9-20)23-18-11-15-10-16(13-18)14-19(23)12-15/h2-9,15-16,18-19,23,26H,10-14H2,1H3,(H,25,27). The molecule has 0 aliphatic heterocycles. The zero-order valence-electron chi connectivity index (χ0n) is 17.2. The van der Waals surface area contributed by atoms with Gasteiger partial charge in [0.05, 0.1) is 17.5 Å². The molecule has 4 aliphatic carbocycles. The van der Waals surface area contributed by atoms with Gasteiger partial charge < -0.3 is 5.32 Å². The van der Waals surface area contributed by atoms with Crippen LogP contribution in [0.5, 0.6) is 0 Å². The summed E-state index contributed by atoms with van der Waals surface area (Å²) in [7, 11) is -3.46. The molecule has 2 aromatic carbocycles. The molecule has 0 spiro atoms. The third-order valence-corrected chi connectivity index (χ3v) is 7.84. The second-order valence-electron chi connectivity index (χ2n) is 9.45. The molecule has 0 aromatic heterocycles. The van der Waals surface area contributed by atoms with E-state index in [4.69, 9.17) is 0 Å². The van der Waals surface area contributed by atoms with Gasteiger partial charge in [-0.3, -0.25) is 9.52 Å². The van der Waals surface area contributed by atoms with Gasteiger partial charge in [-0.15, -0.1) is 0 Å². The van der Waals surface area contributed by atoms with Crippen molar-refractivity contribution in [1.82, 2.24) is 0 Å². The van der Waals surface area contributed by atoms with Crippen LogP contribution in [0.3, 0.4) is 0 Å². The largest absolute Gasteiger partial charge is 0.322 e. The van der Waals surface area contributed by atoms with E-state index in [0.717, 1.165) is 35.6 Å². The van der Waals surface area contributed by atoms with E-state index < -0.39 is 10.0 Å². The first-order valence-electron chi connectivity index (χ1n) is 10.8. The van der Waals surface area contributed by atoms with Gasteiger partial charge in [0.1, 0.15) is 0 Å². The molecule has 4 saturated carbocycles. The molecule has 5 nitrogen and oxygen atoms in total. The first-order valence-corrected chi connectivity index (χ1v) is 12.7. The van der Waals surface area contributed by atoms with Crippen LogP contribution in [0, 0.1) is 23.7 Å². The average Bonchev–Trinajstić information content (AvgIpc) is 2.67. The minimum absolute atomic E-state index is 0.280. The number of nitrogens with one attached hydrogen (secondary N) is 2. The fraction of sp³-hybridized carbons (Fsp3) is 0.458. The highest BCUT2D eigenvalue weighted by molar-refractivity contribution is 7.92. The number of benzene rings is 2. The van der Waals surface area contributed by atoms with Gasteiger partial charge in [0.2, 0.25) is 10.0 Å². The SMILES string of the molecule is CS(=O)(=O)Nc1ccccc1C(=O)Nc1ccc(C2C3CC4CC(C3)CC2C4)cc1. The molecule has 0 saturated heterocycles. The number of sulfonamides is 1. The molecular weight excluding hydrogens is 396 g/mol. The van der Waals surface area contributed by atoms with Crippen LogP contribution in [0.4, 0.5) is 11.4 Å². The van der Waals surface area contributed by atoms with Gasteiger partial charge in [0, 0.05) is 5.69 Å². The van der Waals surface area contributed by atoms with E-state index in [-0.39, 0.29) is 11.6 Å². The summed E-state index contributed by atoms with van der Waals surface area (Å²) in [6.07, 6.45) is 8.09. The van der Waals surface area contributed by atoms with Crippen molar-refractivity contribution in [2.45, 2.75) is 38.0 Å². The number of anilines is 2. The van der Waals surface area contributed by atoms with Crippen molar-refractivity contribution in [3.8, 4) is 0 Å².